The molecule has 0 saturated heterocycles. The number of ether oxygens (including phenoxy) is 2. The van der Waals surface area contributed by atoms with Gasteiger partial charge in [0.1, 0.15) is 17.3 Å². The molecule has 1 aliphatic rings. The van der Waals surface area contributed by atoms with Crippen LogP contribution in [0.15, 0.2) is 78.5 Å². The van der Waals surface area contributed by atoms with E-state index in [-0.39, 0.29) is 68.5 Å². The number of carbonyl (C=O) groups is 1. The molecule has 2 aromatic rings. The number of hydrogen-bond donors (Lipinski definition) is 2. The van der Waals surface area contributed by atoms with Gasteiger partial charge in [0.05, 0.1) is 14.2 Å². The summed E-state index contributed by atoms with van der Waals surface area (Å²) in [5.41, 5.74) is 5.32. The van der Waals surface area contributed by atoms with Crippen LogP contribution in [-0.4, -0.2) is 31.9 Å². The quantitative estimate of drug-likeness (QED) is 0.239. The zero-order valence-electron chi connectivity index (χ0n) is 20.4. The van der Waals surface area contributed by atoms with Gasteiger partial charge >= 0.3 is 51.4 Å². The van der Waals surface area contributed by atoms with Crippen molar-refractivity contribution in [1.29, 1.82) is 0 Å². The average Bonchev–Trinajstić information content (AvgIpc) is 2.86. The van der Waals surface area contributed by atoms with Crippen molar-refractivity contribution in [3.8, 4) is 11.5 Å². The van der Waals surface area contributed by atoms with Crippen LogP contribution in [0, 0.1) is 11.2 Å². The van der Waals surface area contributed by atoms with Crippen LogP contribution in [-0.2, 0) is 4.79 Å². The van der Waals surface area contributed by atoms with E-state index in [0.717, 1.165) is 5.57 Å². The summed E-state index contributed by atoms with van der Waals surface area (Å²) in [5.74, 6) is 0.527. The minimum Gasteiger partial charge on any atom is -0.571 e. The monoisotopic (exact) mass is 502 g/mol. The van der Waals surface area contributed by atoms with E-state index in [4.69, 9.17) is 14.7 Å². The number of amides is 1. The van der Waals surface area contributed by atoms with E-state index in [2.05, 4.69) is 10.8 Å². The van der Waals surface area contributed by atoms with Crippen molar-refractivity contribution in [3.05, 3.63) is 101 Å². The molecule has 0 aliphatic heterocycles. The third kappa shape index (κ3) is 8.45. The van der Waals surface area contributed by atoms with Gasteiger partial charge in [-0.15, -0.1) is 0 Å². The molecule has 0 bridgehead atoms. The first-order valence-corrected chi connectivity index (χ1v) is 10.7. The smallest absolute Gasteiger partial charge is 0.571 e. The van der Waals surface area contributed by atoms with Crippen LogP contribution in [0.25, 0.3) is 17.1 Å². The Balaban J connectivity index is 0.00000432. The van der Waals surface area contributed by atoms with E-state index in [1.54, 1.807) is 56.7 Å². The molecule has 35 heavy (non-hydrogen) atoms. The minimum absolute atomic E-state index is 0. The number of hydrogen-bond acceptors (Lipinski definition) is 4. The van der Waals surface area contributed by atoms with Crippen LogP contribution in [0.5, 0.6) is 11.5 Å². The van der Waals surface area contributed by atoms with E-state index in [0.29, 0.717) is 41.2 Å². The second-order valence-corrected chi connectivity index (χ2v) is 8.22. The number of methoxy groups -OCH3 is 2. The Morgan fingerprint density at radius 1 is 1.17 bits per heavy atom. The molecule has 2 aromatic carbocycles. The first kappa shape index (κ1) is 29.0. The van der Waals surface area contributed by atoms with Gasteiger partial charge in [-0.25, -0.2) is 4.39 Å². The molecule has 2 N–H and O–H groups in total. The normalized spacial score (nSPS) is 17.4. The van der Waals surface area contributed by atoms with Gasteiger partial charge < -0.3 is 25.5 Å². The van der Waals surface area contributed by atoms with E-state index in [1.807, 2.05) is 25.2 Å². The van der Waals surface area contributed by atoms with Gasteiger partial charge in [0.2, 0.25) is 0 Å². The Kier molecular flexibility index (Phi) is 11.4. The predicted molar refractivity (Wildman–Crippen MR) is 131 cm³/mol. The van der Waals surface area contributed by atoms with Gasteiger partial charge in [0, 0.05) is 23.6 Å². The van der Waals surface area contributed by atoms with Crippen molar-refractivity contribution in [1.82, 2.24) is 5.32 Å². The van der Waals surface area contributed by atoms with Gasteiger partial charge in [0.25, 0.3) is 5.91 Å². The topological polar surface area (TPSA) is 81.9 Å². The molecule has 0 spiro atoms. The summed E-state index contributed by atoms with van der Waals surface area (Å²) < 4.78 is 24.2. The standard InChI is InChI=1S/C27H28FN2O4.K/c1-27(11-8-19(9-12-27)10-13-30-32)18-29-26(31)25(21-4-6-22(28)7-5-21)16-20-14-23(33-2)17-24(15-20)34-3;/h4-11,13-17,32H,12,18H2,1-3H3,(H,29,31);/q-1;+1/b13-10+,25-16+;. The summed E-state index contributed by atoms with van der Waals surface area (Å²) in [6.45, 7) is 2.45. The summed E-state index contributed by atoms with van der Waals surface area (Å²) in [5, 5.41) is 11.6. The summed E-state index contributed by atoms with van der Waals surface area (Å²) in [7, 11) is 3.12. The summed E-state index contributed by atoms with van der Waals surface area (Å²) in [4.78, 5) is 13.3. The van der Waals surface area contributed by atoms with Crippen molar-refractivity contribution in [2.24, 2.45) is 5.41 Å². The molecule has 1 atom stereocenters. The molecule has 1 aliphatic carbocycles. The third-order valence-corrected chi connectivity index (χ3v) is 5.55. The maximum Gasteiger partial charge on any atom is 1.00 e. The molecule has 1 unspecified atom stereocenters. The fraction of sp³-hybridized carbons (Fsp3) is 0.222. The zero-order chi connectivity index (χ0) is 24.6. The first-order valence-electron chi connectivity index (χ1n) is 10.7. The molecule has 6 nitrogen and oxygen atoms in total. The molecule has 3 rings (SSSR count). The second kappa shape index (κ2) is 13.8. The number of benzene rings is 2. The SMILES string of the molecule is COc1cc(/C=C(/C(=O)NCC2(C)C=CC(/C=C/[N-]O)=CC2)c2ccc(F)cc2)cc(OC)c1.[K+]. The van der Waals surface area contributed by atoms with Crippen LogP contribution in [0.3, 0.4) is 0 Å². The minimum atomic E-state index is -0.378. The zero-order valence-corrected chi connectivity index (χ0v) is 23.5. The van der Waals surface area contributed by atoms with Crippen LogP contribution < -0.4 is 66.2 Å². The molecule has 0 fully saturated rings. The Labute approximate surface area is 248 Å². The molecule has 0 heterocycles. The molecule has 8 heteroatoms. The second-order valence-electron chi connectivity index (χ2n) is 8.22. The van der Waals surface area contributed by atoms with Crippen LogP contribution in [0.2, 0.25) is 0 Å². The fourth-order valence-corrected chi connectivity index (χ4v) is 3.52. The van der Waals surface area contributed by atoms with Gasteiger partial charge in [0.15, 0.2) is 0 Å². The largest absolute Gasteiger partial charge is 1.00 e. The fourth-order valence-electron chi connectivity index (χ4n) is 3.52. The summed E-state index contributed by atoms with van der Waals surface area (Å²) in [6.07, 6.45) is 11.4. The molecular formula is C27H28FKN2O4. The maximum atomic E-state index is 13.5. The number of allylic oxidation sites excluding steroid dienone is 4. The molecule has 0 saturated carbocycles. The van der Waals surface area contributed by atoms with Gasteiger partial charge in [-0.05, 0) is 53.5 Å². The van der Waals surface area contributed by atoms with Gasteiger partial charge in [-0.1, -0.05) is 43.4 Å². The van der Waals surface area contributed by atoms with E-state index in [1.165, 1.54) is 18.3 Å². The van der Waals surface area contributed by atoms with Crippen molar-refractivity contribution in [2.45, 2.75) is 13.3 Å². The van der Waals surface area contributed by atoms with Crippen molar-refractivity contribution < 1.29 is 75.3 Å². The Bertz CT molecular complexity index is 1120. The average molecular weight is 503 g/mol. The van der Waals surface area contributed by atoms with E-state index >= 15 is 0 Å². The molecule has 178 valence electrons. The predicted octanol–water partition coefficient (Wildman–Crippen LogP) is 2.67. The molecule has 1 amide bonds. The number of halogens is 1. The van der Waals surface area contributed by atoms with Crippen LogP contribution >= 0.6 is 0 Å². The molecular weight excluding hydrogens is 474 g/mol. The Morgan fingerprint density at radius 3 is 2.37 bits per heavy atom. The molecule has 0 aromatic heterocycles. The van der Waals surface area contributed by atoms with Crippen molar-refractivity contribution in [3.63, 3.8) is 0 Å². The number of hydroxylamine groups is 1. The number of carbonyl (C=O) groups excluding carboxylic acids is 1. The molecule has 0 radical (unpaired) electrons. The van der Waals surface area contributed by atoms with Crippen LogP contribution in [0.4, 0.5) is 4.39 Å². The van der Waals surface area contributed by atoms with Gasteiger partial charge in [-0.2, -0.15) is 6.20 Å². The van der Waals surface area contributed by atoms with E-state index in [9.17, 15) is 9.18 Å². The third-order valence-electron chi connectivity index (χ3n) is 5.55. The Hall–Kier alpha value is -2.20. The van der Waals surface area contributed by atoms with E-state index < -0.39 is 0 Å². The number of nitrogens with zero attached hydrogens (tertiary/aromatic N) is 1. The van der Waals surface area contributed by atoms with Crippen molar-refractivity contribution >= 4 is 17.6 Å². The number of nitrogens with one attached hydrogen (secondary N) is 1. The maximum absolute atomic E-state index is 13.5. The van der Waals surface area contributed by atoms with Gasteiger partial charge in [-0.3, -0.25) is 4.79 Å². The number of rotatable bonds is 9. The van der Waals surface area contributed by atoms with Crippen molar-refractivity contribution in [2.75, 3.05) is 20.8 Å². The Morgan fingerprint density at radius 2 is 1.83 bits per heavy atom. The van der Waals surface area contributed by atoms with Crippen LogP contribution in [0.1, 0.15) is 24.5 Å². The summed E-state index contributed by atoms with van der Waals surface area (Å²) >= 11 is 0. The first-order chi connectivity index (χ1) is 16.4. The summed E-state index contributed by atoms with van der Waals surface area (Å²) in [6, 6.07) is 11.1.